The molecule has 0 radical (unpaired) electrons. The van der Waals surface area contributed by atoms with Gasteiger partial charge in [0.25, 0.3) is 0 Å². The second-order valence-electron chi connectivity index (χ2n) is 29.9. The summed E-state index contributed by atoms with van der Waals surface area (Å²) in [5.41, 5.74) is 0. The molecule has 0 aromatic rings. The molecule has 582 valence electrons. The average molecular weight is 1440 g/mol. The summed E-state index contributed by atoms with van der Waals surface area (Å²) in [6.07, 6.45) is 54.2. The van der Waals surface area contributed by atoms with Gasteiger partial charge in [0.1, 0.15) is 19.3 Å². The largest absolute Gasteiger partial charge is 0.472 e. The van der Waals surface area contributed by atoms with Gasteiger partial charge in [-0.3, -0.25) is 37.3 Å². The van der Waals surface area contributed by atoms with E-state index in [1.54, 1.807) is 0 Å². The Labute approximate surface area is 600 Å². The van der Waals surface area contributed by atoms with Crippen molar-refractivity contribution < 1.29 is 80.2 Å². The first-order chi connectivity index (χ1) is 47.2. The lowest BCUT2D eigenvalue weighted by molar-refractivity contribution is -0.161. The number of hydrogen-bond donors (Lipinski definition) is 3. The zero-order chi connectivity index (χ0) is 72.4. The van der Waals surface area contributed by atoms with Crippen LogP contribution in [0.15, 0.2) is 0 Å². The monoisotopic (exact) mass is 1440 g/mol. The molecular formula is C79H154O17P2. The van der Waals surface area contributed by atoms with Gasteiger partial charge in [-0.05, 0) is 49.4 Å². The van der Waals surface area contributed by atoms with Crippen LogP contribution in [-0.2, 0) is 65.4 Å². The third kappa shape index (κ3) is 69.8. The van der Waals surface area contributed by atoms with Gasteiger partial charge in [-0.2, -0.15) is 0 Å². The second-order valence-corrected chi connectivity index (χ2v) is 32.8. The summed E-state index contributed by atoms with van der Waals surface area (Å²) < 4.78 is 68.6. The molecule has 0 aromatic heterocycles. The molecular weight excluding hydrogens is 1280 g/mol. The van der Waals surface area contributed by atoms with E-state index in [-0.39, 0.29) is 25.7 Å². The maximum Gasteiger partial charge on any atom is 0.472 e. The van der Waals surface area contributed by atoms with Gasteiger partial charge in [-0.25, -0.2) is 9.13 Å². The summed E-state index contributed by atoms with van der Waals surface area (Å²) in [6, 6.07) is 0. The normalized spacial score (nSPS) is 14.6. The number of phosphoric ester groups is 2. The van der Waals surface area contributed by atoms with Gasteiger partial charge in [0.2, 0.25) is 0 Å². The molecule has 0 amide bonds. The van der Waals surface area contributed by atoms with Crippen molar-refractivity contribution in [3.05, 3.63) is 0 Å². The first-order valence-electron chi connectivity index (χ1n) is 40.8. The standard InChI is InChI=1S/C79H154O17P2/c1-9-71(7)57-49-41-33-29-30-36-46-54-62-79(84)96-74(65-89-76(81)59-51-43-34-27-23-18-16-14-12-11-13-15-17-21-25-31-39-47-55-69(3)4)67-93-97(85,86)91-63-73(80)64-92-98(87,88)94-68-75(66-90-77(82)60-52-44-38-37-42-50-58-72(8)10-2)95-78(83)61-53-45-35-28-24-20-19-22-26-32-40-48-56-70(5)6/h69-75,80H,9-68H2,1-8H3,(H,85,86)(H,87,88)/t71?,72?,73-,74-,75-/m1/s1. The van der Waals surface area contributed by atoms with E-state index in [4.69, 9.17) is 37.0 Å². The highest BCUT2D eigenvalue weighted by Crippen LogP contribution is 2.45. The molecule has 0 fully saturated rings. The molecule has 0 heterocycles. The van der Waals surface area contributed by atoms with E-state index in [0.29, 0.717) is 25.7 Å². The molecule has 0 aliphatic rings. The molecule has 19 heteroatoms. The number of aliphatic hydroxyl groups is 1. The lowest BCUT2D eigenvalue weighted by Gasteiger charge is -2.21. The second kappa shape index (κ2) is 68.2. The first kappa shape index (κ1) is 96.1. The maximum atomic E-state index is 13.1. The van der Waals surface area contributed by atoms with Crippen LogP contribution in [-0.4, -0.2) is 96.7 Å². The molecule has 4 unspecified atom stereocenters. The first-order valence-corrected chi connectivity index (χ1v) is 43.8. The highest BCUT2D eigenvalue weighted by atomic mass is 31.2. The fourth-order valence-electron chi connectivity index (χ4n) is 12.0. The lowest BCUT2D eigenvalue weighted by atomic mass is 9.99. The minimum absolute atomic E-state index is 0.105. The molecule has 3 N–H and O–H groups in total. The molecule has 0 saturated heterocycles. The summed E-state index contributed by atoms with van der Waals surface area (Å²) >= 11 is 0. The third-order valence-electron chi connectivity index (χ3n) is 19.0. The molecule has 17 nitrogen and oxygen atoms in total. The minimum atomic E-state index is -4.96. The Morgan fingerprint density at radius 2 is 0.490 bits per heavy atom. The van der Waals surface area contributed by atoms with E-state index < -0.39 is 97.5 Å². The molecule has 0 aliphatic heterocycles. The maximum absolute atomic E-state index is 13.1. The van der Waals surface area contributed by atoms with Crippen molar-refractivity contribution in [2.45, 2.75) is 420 Å². The number of carbonyl (C=O) groups excluding carboxylic acids is 4. The number of phosphoric acid groups is 2. The van der Waals surface area contributed by atoms with E-state index in [1.165, 1.54) is 199 Å². The highest BCUT2D eigenvalue weighted by molar-refractivity contribution is 7.47. The fourth-order valence-corrected chi connectivity index (χ4v) is 13.6. The van der Waals surface area contributed by atoms with Crippen LogP contribution in [0.3, 0.4) is 0 Å². The third-order valence-corrected chi connectivity index (χ3v) is 20.9. The Hall–Kier alpha value is -1.94. The summed E-state index contributed by atoms with van der Waals surface area (Å²) in [7, 11) is -9.92. The Morgan fingerprint density at radius 3 is 0.724 bits per heavy atom. The number of hydrogen-bond acceptors (Lipinski definition) is 15. The molecule has 7 atom stereocenters. The van der Waals surface area contributed by atoms with Crippen LogP contribution < -0.4 is 0 Å². The van der Waals surface area contributed by atoms with E-state index in [1.807, 2.05) is 0 Å². The number of unbranched alkanes of at least 4 members (excludes halogenated alkanes) is 40. The van der Waals surface area contributed by atoms with E-state index in [0.717, 1.165) is 120 Å². The van der Waals surface area contributed by atoms with Gasteiger partial charge >= 0.3 is 39.5 Å². The van der Waals surface area contributed by atoms with Gasteiger partial charge in [-0.1, -0.05) is 351 Å². The van der Waals surface area contributed by atoms with E-state index >= 15 is 0 Å². The predicted molar refractivity (Wildman–Crippen MR) is 400 cm³/mol. The van der Waals surface area contributed by atoms with Crippen molar-refractivity contribution in [2.24, 2.45) is 23.7 Å². The summed E-state index contributed by atoms with van der Waals surface area (Å²) in [5, 5.41) is 10.6. The van der Waals surface area contributed by atoms with Crippen LogP contribution >= 0.6 is 15.6 Å². The van der Waals surface area contributed by atoms with Crippen LogP contribution in [0.2, 0.25) is 0 Å². The molecule has 0 rings (SSSR count). The minimum Gasteiger partial charge on any atom is -0.462 e. The van der Waals surface area contributed by atoms with E-state index in [2.05, 4.69) is 55.4 Å². The molecule has 0 aromatic carbocycles. The zero-order valence-corrected chi connectivity index (χ0v) is 66.2. The molecule has 0 spiro atoms. The van der Waals surface area contributed by atoms with Crippen LogP contribution in [0, 0.1) is 23.7 Å². The molecule has 0 aliphatic carbocycles. The number of ether oxygens (including phenoxy) is 4. The van der Waals surface area contributed by atoms with Crippen molar-refractivity contribution >= 4 is 39.5 Å². The smallest absolute Gasteiger partial charge is 0.462 e. The van der Waals surface area contributed by atoms with Gasteiger partial charge in [0.15, 0.2) is 12.2 Å². The van der Waals surface area contributed by atoms with Crippen LogP contribution in [0.1, 0.15) is 402 Å². The molecule has 0 bridgehead atoms. The predicted octanol–water partition coefficient (Wildman–Crippen LogP) is 23.2. The van der Waals surface area contributed by atoms with Crippen molar-refractivity contribution in [1.82, 2.24) is 0 Å². The molecule has 0 saturated carbocycles. The Kier molecular flexibility index (Phi) is 66.8. The summed E-state index contributed by atoms with van der Waals surface area (Å²) in [6.45, 7) is 14.2. The van der Waals surface area contributed by atoms with Gasteiger partial charge in [0, 0.05) is 25.7 Å². The number of esters is 4. The van der Waals surface area contributed by atoms with Gasteiger partial charge in [-0.15, -0.1) is 0 Å². The van der Waals surface area contributed by atoms with Gasteiger partial charge < -0.3 is 33.8 Å². The highest BCUT2D eigenvalue weighted by Gasteiger charge is 2.30. The summed E-state index contributed by atoms with van der Waals surface area (Å²) in [4.78, 5) is 72.9. The lowest BCUT2D eigenvalue weighted by Crippen LogP contribution is -2.30. The van der Waals surface area contributed by atoms with E-state index in [9.17, 15) is 43.2 Å². The van der Waals surface area contributed by atoms with Gasteiger partial charge in [0.05, 0.1) is 26.4 Å². The Balaban J connectivity index is 5.19. The van der Waals surface area contributed by atoms with Crippen molar-refractivity contribution in [3.8, 4) is 0 Å². The number of rotatable bonds is 76. The van der Waals surface area contributed by atoms with Crippen molar-refractivity contribution in [1.29, 1.82) is 0 Å². The van der Waals surface area contributed by atoms with Crippen molar-refractivity contribution in [3.63, 3.8) is 0 Å². The SMILES string of the molecule is CCC(C)CCCCCCCCCCC(=O)O[C@H](COC(=O)CCCCCCCCCCCCCCCCCCCCC(C)C)COP(=O)(O)OC[C@@H](O)COP(=O)(O)OC[C@@H](COC(=O)CCCCCCCCC(C)CC)OC(=O)CCCCCCCCCCCCCCC(C)C. The van der Waals surface area contributed by atoms with Crippen LogP contribution in [0.25, 0.3) is 0 Å². The number of aliphatic hydroxyl groups excluding tert-OH is 1. The quantitative estimate of drug-likeness (QED) is 0.0222. The van der Waals surface area contributed by atoms with Crippen LogP contribution in [0.4, 0.5) is 0 Å². The summed E-state index contributed by atoms with van der Waals surface area (Å²) in [5.74, 6) is 0.980. The Morgan fingerprint density at radius 1 is 0.286 bits per heavy atom. The number of carbonyl (C=O) groups is 4. The zero-order valence-electron chi connectivity index (χ0n) is 64.4. The van der Waals surface area contributed by atoms with Crippen molar-refractivity contribution in [2.75, 3.05) is 39.6 Å². The fraction of sp³-hybridized carbons (Fsp3) is 0.949. The average Bonchev–Trinajstić information content (AvgIpc) is 1.23. The molecule has 98 heavy (non-hydrogen) atoms. The Bertz CT molecular complexity index is 1920. The topological polar surface area (TPSA) is 237 Å². The van der Waals surface area contributed by atoms with Crippen LogP contribution in [0.5, 0.6) is 0 Å².